The molecule has 0 bridgehead atoms. The van der Waals surface area contributed by atoms with Gasteiger partial charge in [-0.05, 0) is 31.5 Å². The summed E-state index contributed by atoms with van der Waals surface area (Å²) in [6.45, 7) is 3.81. The lowest BCUT2D eigenvalue weighted by Crippen LogP contribution is -2.12. The molecule has 0 radical (unpaired) electrons. The molecule has 1 aromatic heterocycles. The molecule has 0 spiro atoms. The minimum absolute atomic E-state index is 0.0953. The van der Waals surface area contributed by atoms with Crippen LogP contribution in [0.5, 0.6) is 0 Å². The Balaban J connectivity index is 1.73. The summed E-state index contributed by atoms with van der Waals surface area (Å²) in [6.07, 6.45) is 0.391. The van der Waals surface area contributed by atoms with E-state index in [-0.39, 0.29) is 17.0 Å². The minimum atomic E-state index is -0.238. The zero-order valence-corrected chi connectivity index (χ0v) is 12.7. The normalized spacial score (nSPS) is 12.1. The molecule has 0 aliphatic carbocycles. The van der Waals surface area contributed by atoms with E-state index in [2.05, 4.69) is 10.5 Å². The highest BCUT2D eigenvalue weighted by Gasteiger charge is 2.09. The summed E-state index contributed by atoms with van der Waals surface area (Å²) in [5.41, 5.74) is 1.05. The van der Waals surface area contributed by atoms with E-state index in [1.165, 1.54) is 12.1 Å². The van der Waals surface area contributed by atoms with Gasteiger partial charge in [0.1, 0.15) is 11.6 Å². The van der Waals surface area contributed by atoms with Gasteiger partial charge in [0.15, 0.2) is 5.82 Å². The van der Waals surface area contributed by atoms with Crippen molar-refractivity contribution >= 4 is 23.5 Å². The maximum absolute atomic E-state index is 12.8. The van der Waals surface area contributed by atoms with Crippen LogP contribution < -0.4 is 5.32 Å². The average Bonchev–Trinajstić information content (AvgIpc) is 2.84. The third-order valence-electron chi connectivity index (χ3n) is 2.93. The summed E-state index contributed by atoms with van der Waals surface area (Å²) in [5, 5.41) is 6.60. The molecule has 2 rings (SSSR count). The number of carbonyl (C=O) groups excluding carboxylic acids is 1. The molecular formula is C15H17FN2O2S. The summed E-state index contributed by atoms with van der Waals surface area (Å²) < 4.78 is 17.7. The van der Waals surface area contributed by atoms with Crippen molar-refractivity contribution in [2.45, 2.75) is 25.5 Å². The van der Waals surface area contributed by atoms with Gasteiger partial charge in [0.2, 0.25) is 5.91 Å². The van der Waals surface area contributed by atoms with Gasteiger partial charge in [-0.2, -0.15) is 11.8 Å². The SMILES string of the molecule is Cc1cc(NC(=O)CCSC(C)c2ccc(F)cc2)no1. The first-order valence-corrected chi connectivity index (χ1v) is 7.69. The molecule has 1 heterocycles. The summed E-state index contributed by atoms with van der Waals surface area (Å²) in [6, 6.07) is 8.11. The Morgan fingerprint density at radius 1 is 1.43 bits per heavy atom. The number of amides is 1. The second-order valence-corrected chi connectivity index (χ2v) is 6.13. The first-order chi connectivity index (χ1) is 10.0. The van der Waals surface area contributed by atoms with E-state index >= 15 is 0 Å². The van der Waals surface area contributed by atoms with E-state index in [1.54, 1.807) is 36.9 Å². The number of rotatable bonds is 6. The Morgan fingerprint density at radius 2 is 2.14 bits per heavy atom. The molecular weight excluding hydrogens is 291 g/mol. The summed E-state index contributed by atoms with van der Waals surface area (Å²) in [4.78, 5) is 11.7. The number of halogens is 1. The molecule has 0 saturated carbocycles. The first-order valence-electron chi connectivity index (χ1n) is 6.65. The molecule has 112 valence electrons. The van der Waals surface area contributed by atoms with E-state index in [0.717, 1.165) is 5.56 Å². The van der Waals surface area contributed by atoms with E-state index in [0.29, 0.717) is 23.8 Å². The number of nitrogens with zero attached hydrogens (tertiary/aromatic N) is 1. The summed E-state index contributed by atoms with van der Waals surface area (Å²) in [5.74, 6) is 1.44. The van der Waals surface area contributed by atoms with Crippen LogP contribution in [0.3, 0.4) is 0 Å². The van der Waals surface area contributed by atoms with Gasteiger partial charge < -0.3 is 9.84 Å². The van der Waals surface area contributed by atoms with Crippen LogP contribution in [0.4, 0.5) is 10.2 Å². The molecule has 1 amide bonds. The van der Waals surface area contributed by atoms with Gasteiger partial charge in [0, 0.05) is 23.5 Å². The molecule has 21 heavy (non-hydrogen) atoms. The predicted octanol–water partition coefficient (Wildman–Crippen LogP) is 3.95. The second kappa shape index (κ2) is 7.26. The van der Waals surface area contributed by atoms with Crippen molar-refractivity contribution in [1.82, 2.24) is 5.16 Å². The highest BCUT2D eigenvalue weighted by Crippen LogP contribution is 2.28. The van der Waals surface area contributed by atoms with E-state index in [9.17, 15) is 9.18 Å². The van der Waals surface area contributed by atoms with Crippen LogP contribution in [0.2, 0.25) is 0 Å². The van der Waals surface area contributed by atoms with Crippen LogP contribution in [-0.4, -0.2) is 16.8 Å². The third kappa shape index (κ3) is 4.90. The molecule has 2 aromatic rings. The summed E-state index contributed by atoms with van der Waals surface area (Å²) >= 11 is 1.65. The smallest absolute Gasteiger partial charge is 0.226 e. The molecule has 0 aliphatic heterocycles. The van der Waals surface area contributed by atoms with Gasteiger partial charge in [0.25, 0.3) is 0 Å². The van der Waals surface area contributed by atoms with Crippen molar-refractivity contribution in [3.8, 4) is 0 Å². The van der Waals surface area contributed by atoms with Crippen molar-refractivity contribution in [2.75, 3.05) is 11.1 Å². The summed E-state index contributed by atoms with van der Waals surface area (Å²) in [7, 11) is 0. The minimum Gasteiger partial charge on any atom is -0.360 e. The molecule has 1 unspecified atom stereocenters. The lowest BCUT2D eigenvalue weighted by molar-refractivity contribution is -0.115. The highest BCUT2D eigenvalue weighted by molar-refractivity contribution is 7.99. The quantitative estimate of drug-likeness (QED) is 0.878. The fraction of sp³-hybridized carbons (Fsp3) is 0.333. The fourth-order valence-electron chi connectivity index (χ4n) is 1.79. The lowest BCUT2D eigenvalue weighted by Gasteiger charge is -2.11. The van der Waals surface area contributed by atoms with Gasteiger partial charge in [0.05, 0.1) is 0 Å². The average molecular weight is 308 g/mol. The first kappa shape index (κ1) is 15.6. The number of nitrogens with one attached hydrogen (secondary N) is 1. The van der Waals surface area contributed by atoms with Gasteiger partial charge >= 0.3 is 0 Å². The zero-order valence-electron chi connectivity index (χ0n) is 11.9. The van der Waals surface area contributed by atoms with E-state index in [4.69, 9.17) is 4.52 Å². The number of aromatic nitrogens is 1. The number of hydrogen-bond donors (Lipinski definition) is 1. The van der Waals surface area contributed by atoms with Gasteiger partial charge in [-0.3, -0.25) is 4.79 Å². The number of hydrogen-bond acceptors (Lipinski definition) is 4. The van der Waals surface area contributed by atoms with Crippen LogP contribution in [0.15, 0.2) is 34.9 Å². The maximum Gasteiger partial charge on any atom is 0.226 e. The van der Waals surface area contributed by atoms with E-state index in [1.807, 2.05) is 6.92 Å². The Morgan fingerprint density at radius 3 is 2.76 bits per heavy atom. The molecule has 0 fully saturated rings. The molecule has 0 aliphatic rings. The van der Waals surface area contributed by atoms with Crippen LogP contribution >= 0.6 is 11.8 Å². The predicted molar refractivity (Wildman–Crippen MR) is 81.8 cm³/mol. The fourth-order valence-corrected chi connectivity index (χ4v) is 2.80. The standard InChI is InChI=1S/C15H17FN2O2S/c1-10-9-14(18-20-10)17-15(19)7-8-21-11(2)12-3-5-13(16)6-4-12/h3-6,9,11H,7-8H2,1-2H3,(H,17,18,19). The Kier molecular flexibility index (Phi) is 5.38. The number of carbonyl (C=O) groups is 1. The van der Waals surface area contributed by atoms with Gasteiger partial charge in [-0.15, -0.1) is 0 Å². The topological polar surface area (TPSA) is 55.1 Å². The second-order valence-electron chi connectivity index (χ2n) is 4.69. The number of aryl methyl sites for hydroxylation is 1. The number of anilines is 1. The molecule has 0 saturated heterocycles. The number of benzene rings is 1. The largest absolute Gasteiger partial charge is 0.360 e. The molecule has 6 heteroatoms. The van der Waals surface area contributed by atoms with Crippen LogP contribution in [0, 0.1) is 12.7 Å². The molecule has 4 nitrogen and oxygen atoms in total. The Hall–Kier alpha value is -1.82. The van der Waals surface area contributed by atoms with Crippen molar-refractivity contribution in [3.05, 3.63) is 47.5 Å². The van der Waals surface area contributed by atoms with E-state index < -0.39 is 0 Å². The number of thioether (sulfide) groups is 1. The Bertz CT molecular complexity index is 598. The highest BCUT2D eigenvalue weighted by atomic mass is 32.2. The van der Waals surface area contributed by atoms with Crippen molar-refractivity contribution in [3.63, 3.8) is 0 Å². The van der Waals surface area contributed by atoms with Gasteiger partial charge in [-0.25, -0.2) is 4.39 Å². The van der Waals surface area contributed by atoms with Crippen LogP contribution in [0.25, 0.3) is 0 Å². The van der Waals surface area contributed by atoms with Crippen molar-refractivity contribution in [1.29, 1.82) is 0 Å². The zero-order chi connectivity index (χ0) is 15.2. The van der Waals surface area contributed by atoms with Crippen molar-refractivity contribution in [2.24, 2.45) is 0 Å². The van der Waals surface area contributed by atoms with Crippen molar-refractivity contribution < 1.29 is 13.7 Å². The van der Waals surface area contributed by atoms with Crippen LogP contribution in [0.1, 0.15) is 29.9 Å². The third-order valence-corrected chi connectivity index (χ3v) is 4.14. The van der Waals surface area contributed by atoms with Gasteiger partial charge in [-0.1, -0.05) is 17.3 Å². The molecule has 1 N–H and O–H groups in total. The monoisotopic (exact) mass is 308 g/mol. The maximum atomic E-state index is 12.8. The molecule has 1 atom stereocenters. The van der Waals surface area contributed by atoms with Crippen LogP contribution in [-0.2, 0) is 4.79 Å². The molecule has 1 aromatic carbocycles. The lowest BCUT2D eigenvalue weighted by atomic mass is 10.2. The Labute approximate surface area is 127 Å².